The summed E-state index contributed by atoms with van der Waals surface area (Å²) >= 11 is 0. The van der Waals surface area contributed by atoms with Gasteiger partial charge < -0.3 is 9.88 Å². The molecule has 2 aromatic carbocycles. The van der Waals surface area contributed by atoms with Crippen LogP contribution in [0.15, 0.2) is 52.3 Å². The van der Waals surface area contributed by atoms with Crippen molar-refractivity contribution in [2.24, 2.45) is 13.0 Å². The Morgan fingerprint density at radius 3 is 2.54 bits per heavy atom. The van der Waals surface area contributed by atoms with Gasteiger partial charge >= 0.3 is 0 Å². The van der Waals surface area contributed by atoms with Crippen molar-refractivity contribution in [3.8, 4) is 11.1 Å². The van der Waals surface area contributed by atoms with Crippen LogP contribution >= 0.6 is 0 Å². The zero-order valence-corrected chi connectivity index (χ0v) is 16.5. The first-order valence-corrected chi connectivity index (χ1v) is 11.0. The molecule has 1 aromatic heterocycles. The summed E-state index contributed by atoms with van der Waals surface area (Å²) in [6.07, 6.45) is 5.14. The third-order valence-electron chi connectivity index (χ3n) is 5.13. The first-order chi connectivity index (χ1) is 13.2. The lowest BCUT2D eigenvalue weighted by atomic mass is 9.98. The lowest BCUT2D eigenvalue weighted by molar-refractivity contribution is 0.602. The molecule has 5 nitrogen and oxygen atoms in total. The van der Waals surface area contributed by atoms with Crippen LogP contribution in [0.25, 0.3) is 21.9 Å². The molecule has 1 fully saturated rings. The van der Waals surface area contributed by atoms with Crippen molar-refractivity contribution in [3.05, 3.63) is 58.8 Å². The van der Waals surface area contributed by atoms with Gasteiger partial charge in [-0.15, -0.1) is 0 Å². The first-order valence-electron chi connectivity index (χ1n) is 9.11. The van der Waals surface area contributed by atoms with Gasteiger partial charge in [-0.3, -0.25) is 4.79 Å². The summed E-state index contributed by atoms with van der Waals surface area (Å²) < 4.78 is 39.6. The second kappa shape index (κ2) is 6.74. The van der Waals surface area contributed by atoms with Gasteiger partial charge in [-0.2, -0.15) is 0 Å². The maximum atomic E-state index is 14.0. The summed E-state index contributed by atoms with van der Waals surface area (Å²) in [7, 11) is -1.79. The molecule has 146 valence electrons. The molecule has 0 radical (unpaired) electrons. The molecule has 0 spiro atoms. The molecular formula is C21H21FN2O3S. The third kappa shape index (κ3) is 3.54. The van der Waals surface area contributed by atoms with Crippen LogP contribution in [-0.2, 0) is 16.9 Å². The van der Waals surface area contributed by atoms with E-state index < -0.39 is 15.7 Å². The maximum absolute atomic E-state index is 14.0. The zero-order chi connectivity index (χ0) is 20.1. The number of fused-ring (bicyclic) bond motifs is 1. The number of hydrogen-bond acceptors (Lipinski definition) is 4. The standard InChI is InChI=1S/C21H21FN2O3S/c1-24-12-19(17-9-14(22)5-7-16(17)21(24)25)18-10-15(28(2,26)27)6-8-20(18)23-11-13-3-4-13/h5-10,12-13,23H,3-4,11H2,1-2H3. The predicted molar refractivity (Wildman–Crippen MR) is 109 cm³/mol. The minimum Gasteiger partial charge on any atom is -0.384 e. The highest BCUT2D eigenvalue weighted by Crippen LogP contribution is 2.36. The summed E-state index contributed by atoms with van der Waals surface area (Å²) in [5.74, 6) is 0.172. The topological polar surface area (TPSA) is 68.2 Å². The smallest absolute Gasteiger partial charge is 0.258 e. The fraction of sp³-hybridized carbons (Fsp3) is 0.286. The molecule has 1 saturated carbocycles. The minimum absolute atomic E-state index is 0.179. The van der Waals surface area contributed by atoms with E-state index in [9.17, 15) is 17.6 Å². The Morgan fingerprint density at radius 1 is 1.11 bits per heavy atom. The van der Waals surface area contributed by atoms with Crippen molar-refractivity contribution in [2.75, 3.05) is 18.1 Å². The highest BCUT2D eigenvalue weighted by molar-refractivity contribution is 7.90. The number of halogens is 1. The van der Waals surface area contributed by atoms with Crippen LogP contribution in [0, 0.1) is 11.7 Å². The van der Waals surface area contributed by atoms with E-state index in [-0.39, 0.29) is 10.5 Å². The summed E-state index contributed by atoms with van der Waals surface area (Å²) in [5.41, 5.74) is 1.78. The molecule has 1 N–H and O–H groups in total. The van der Waals surface area contributed by atoms with Gasteiger partial charge in [0, 0.05) is 48.2 Å². The molecule has 0 amide bonds. The summed E-state index contributed by atoms with van der Waals surface area (Å²) in [6, 6.07) is 8.95. The Hall–Kier alpha value is -2.67. The van der Waals surface area contributed by atoms with E-state index in [1.54, 1.807) is 31.4 Å². The Kier molecular flexibility index (Phi) is 4.50. The zero-order valence-electron chi connectivity index (χ0n) is 15.7. The molecule has 7 heteroatoms. The second-order valence-electron chi connectivity index (χ2n) is 7.45. The number of pyridine rings is 1. The molecule has 1 aliphatic rings. The minimum atomic E-state index is -3.42. The highest BCUT2D eigenvalue weighted by Gasteiger charge is 2.22. The van der Waals surface area contributed by atoms with Gasteiger partial charge in [0.05, 0.1) is 4.90 Å². The molecule has 0 bridgehead atoms. The van der Waals surface area contributed by atoms with Crippen molar-refractivity contribution in [1.29, 1.82) is 0 Å². The number of nitrogens with zero attached hydrogens (tertiary/aromatic N) is 1. The molecule has 28 heavy (non-hydrogen) atoms. The van der Waals surface area contributed by atoms with Crippen LogP contribution in [0.4, 0.5) is 10.1 Å². The van der Waals surface area contributed by atoms with Crippen molar-refractivity contribution in [1.82, 2.24) is 4.57 Å². The Morgan fingerprint density at radius 2 is 1.86 bits per heavy atom. The van der Waals surface area contributed by atoms with Gasteiger partial charge in [0.2, 0.25) is 0 Å². The van der Waals surface area contributed by atoms with Crippen molar-refractivity contribution >= 4 is 26.3 Å². The van der Waals surface area contributed by atoms with E-state index in [0.29, 0.717) is 27.8 Å². The molecule has 0 atom stereocenters. The van der Waals surface area contributed by atoms with Crippen LogP contribution in [0.5, 0.6) is 0 Å². The molecule has 1 heterocycles. The fourth-order valence-corrected chi connectivity index (χ4v) is 4.01. The van der Waals surface area contributed by atoms with E-state index in [4.69, 9.17) is 0 Å². The number of sulfone groups is 1. The maximum Gasteiger partial charge on any atom is 0.258 e. The van der Waals surface area contributed by atoms with Crippen LogP contribution in [0.1, 0.15) is 12.8 Å². The number of anilines is 1. The van der Waals surface area contributed by atoms with Gasteiger partial charge in [-0.05, 0) is 60.5 Å². The van der Waals surface area contributed by atoms with Crippen LogP contribution in [0.3, 0.4) is 0 Å². The largest absolute Gasteiger partial charge is 0.384 e. The Balaban J connectivity index is 1.99. The molecular weight excluding hydrogens is 379 g/mol. The molecule has 1 aliphatic carbocycles. The van der Waals surface area contributed by atoms with Gasteiger partial charge in [0.25, 0.3) is 5.56 Å². The van der Waals surface area contributed by atoms with Crippen molar-refractivity contribution in [3.63, 3.8) is 0 Å². The lowest BCUT2D eigenvalue weighted by Gasteiger charge is -2.16. The average Bonchev–Trinajstić information content (AvgIpc) is 3.46. The number of rotatable bonds is 5. The summed E-state index contributed by atoms with van der Waals surface area (Å²) in [5, 5.41) is 4.24. The lowest BCUT2D eigenvalue weighted by Crippen LogP contribution is -2.17. The number of benzene rings is 2. The summed E-state index contributed by atoms with van der Waals surface area (Å²) in [4.78, 5) is 12.7. The van der Waals surface area contributed by atoms with Crippen LogP contribution in [-0.4, -0.2) is 25.8 Å². The van der Waals surface area contributed by atoms with Crippen molar-refractivity contribution in [2.45, 2.75) is 17.7 Å². The first kappa shape index (κ1) is 18.7. The van der Waals surface area contributed by atoms with E-state index in [2.05, 4.69) is 5.32 Å². The SMILES string of the molecule is Cn1cc(-c2cc(S(C)(=O)=O)ccc2NCC2CC2)c2cc(F)ccc2c1=O. The molecule has 4 rings (SSSR count). The second-order valence-corrected chi connectivity index (χ2v) is 9.47. The quantitative estimate of drug-likeness (QED) is 0.711. The van der Waals surface area contributed by atoms with Gasteiger partial charge in [0.15, 0.2) is 9.84 Å². The van der Waals surface area contributed by atoms with E-state index in [1.165, 1.54) is 35.6 Å². The molecule has 0 aliphatic heterocycles. The fourth-order valence-electron chi connectivity index (χ4n) is 3.36. The van der Waals surface area contributed by atoms with Gasteiger partial charge in [-0.1, -0.05) is 0 Å². The van der Waals surface area contributed by atoms with Crippen LogP contribution in [0.2, 0.25) is 0 Å². The number of nitrogens with one attached hydrogen (secondary N) is 1. The molecule has 3 aromatic rings. The van der Waals surface area contributed by atoms with Gasteiger partial charge in [0.1, 0.15) is 5.82 Å². The number of aromatic nitrogens is 1. The highest BCUT2D eigenvalue weighted by atomic mass is 32.2. The Bertz CT molecular complexity index is 1240. The van der Waals surface area contributed by atoms with E-state index in [1.807, 2.05) is 0 Å². The van der Waals surface area contributed by atoms with Crippen LogP contribution < -0.4 is 10.9 Å². The third-order valence-corrected chi connectivity index (χ3v) is 6.24. The predicted octanol–water partition coefficient (Wildman–Crippen LogP) is 3.57. The van der Waals surface area contributed by atoms with E-state index >= 15 is 0 Å². The molecule has 0 saturated heterocycles. The van der Waals surface area contributed by atoms with Crippen molar-refractivity contribution < 1.29 is 12.8 Å². The summed E-state index contributed by atoms with van der Waals surface area (Å²) in [6.45, 7) is 0.795. The van der Waals surface area contributed by atoms with E-state index in [0.717, 1.165) is 18.5 Å². The monoisotopic (exact) mass is 400 g/mol. The average molecular weight is 400 g/mol. The number of hydrogen-bond donors (Lipinski definition) is 1. The van der Waals surface area contributed by atoms with Gasteiger partial charge in [-0.25, -0.2) is 12.8 Å². The molecule has 0 unspecified atom stereocenters. The normalized spacial score (nSPS) is 14.4. The number of aryl methyl sites for hydroxylation is 1. The Labute approximate surface area is 162 Å².